The van der Waals surface area contributed by atoms with Crippen molar-refractivity contribution in [3.8, 4) is 5.75 Å². The van der Waals surface area contributed by atoms with Crippen LogP contribution in [0.15, 0.2) is 42.5 Å². The molecule has 138 valence electrons. The largest absolute Gasteiger partial charge is 0.493 e. The molecule has 0 saturated carbocycles. The molecular weight excluding hydrogens is 330 g/mol. The zero-order valence-electron chi connectivity index (χ0n) is 15.7. The highest BCUT2D eigenvalue weighted by molar-refractivity contribution is 5.95. The first-order valence-corrected chi connectivity index (χ1v) is 8.62. The summed E-state index contributed by atoms with van der Waals surface area (Å²) < 4.78 is 10.7. The fourth-order valence-corrected chi connectivity index (χ4v) is 2.38. The van der Waals surface area contributed by atoms with Gasteiger partial charge in [0, 0.05) is 5.69 Å². The SMILES string of the molecule is Cc1ccc(OCCC(=O)O[C@H](C)C(=O)Nc2ccc(C)cc2C)cc1. The van der Waals surface area contributed by atoms with Gasteiger partial charge in [-0.3, -0.25) is 9.59 Å². The van der Waals surface area contributed by atoms with Crippen molar-refractivity contribution < 1.29 is 19.1 Å². The quantitative estimate of drug-likeness (QED) is 0.764. The minimum absolute atomic E-state index is 0.0784. The molecule has 0 unspecified atom stereocenters. The number of hydrogen-bond acceptors (Lipinski definition) is 4. The van der Waals surface area contributed by atoms with Gasteiger partial charge in [0.2, 0.25) is 0 Å². The van der Waals surface area contributed by atoms with E-state index in [1.807, 2.05) is 63.2 Å². The molecule has 0 saturated heterocycles. The van der Waals surface area contributed by atoms with E-state index < -0.39 is 12.1 Å². The summed E-state index contributed by atoms with van der Waals surface area (Å²) in [5.41, 5.74) is 3.93. The van der Waals surface area contributed by atoms with Gasteiger partial charge in [-0.15, -0.1) is 0 Å². The lowest BCUT2D eigenvalue weighted by Crippen LogP contribution is -2.30. The van der Waals surface area contributed by atoms with E-state index in [1.54, 1.807) is 6.92 Å². The molecule has 0 spiro atoms. The van der Waals surface area contributed by atoms with Gasteiger partial charge in [0.25, 0.3) is 5.91 Å². The number of rotatable bonds is 7. The van der Waals surface area contributed by atoms with Crippen LogP contribution in [-0.4, -0.2) is 24.6 Å². The van der Waals surface area contributed by atoms with Crippen molar-refractivity contribution in [3.05, 3.63) is 59.2 Å². The molecule has 2 aromatic carbocycles. The van der Waals surface area contributed by atoms with E-state index in [4.69, 9.17) is 9.47 Å². The first-order chi connectivity index (χ1) is 12.3. The summed E-state index contributed by atoms with van der Waals surface area (Å²) in [6.07, 6.45) is -0.794. The smallest absolute Gasteiger partial charge is 0.310 e. The van der Waals surface area contributed by atoms with Crippen molar-refractivity contribution in [1.29, 1.82) is 0 Å². The van der Waals surface area contributed by atoms with Crippen LogP contribution in [0.4, 0.5) is 5.69 Å². The third-order valence-corrected chi connectivity index (χ3v) is 3.91. The van der Waals surface area contributed by atoms with Gasteiger partial charge in [-0.1, -0.05) is 35.4 Å². The van der Waals surface area contributed by atoms with Gasteiger partial charge in [-0.25, -0.2) is 0 Å². The maximum absolute atomic E-state index is 12.2. The number of nitrogens with one attached hydrogen (secondary N) is 1. The molecule has 5 heteroatoms. The lowest BCUT2D eigenvalue weighted by molar-refractivity contribution is -0.153. The standard InChI is InChI=1S/C21H25NO4/c1-14-5-8-18(9-6-14)25-12-11-20(23)26-17(4)21(24)22-19-10-7-15(2)13-16(19)3/h5-10,13,17H,11-12H2,1-4H3,(H,22,24)/t17-/m1/s1. The molecule has 0 radical (unpaired) electrons. The number of hydrogen-bond donors (Lipinski definition) is 1. The fraction of sp³-hybridized carbons (Fsp3) is 0.333. The van der Waals surface area contributed by atoms with Crippen LogP contribution in [0.5, 0.6) is 5.75 Å². The average molecular weight is 355 g/mol. The molecule has 2 rings (SSSR count). The molecule has 0 heterocycles. The number of amides is 1. The van der Waals surface area contributed by atoms with Gasteiger partial charge in [-0.05, 0) is 51.5 Å². The van der Waals surface area contributed by atoms with Gasteiger partial charge in [0.15, 0.2) is 6.10 Å². The molecule has 5 nitrogen and oxygen atoms in total. The Kier molecular flexibility index (Phi) is 6.78. The number of benzene rings is 2. The number of anilines is 1. The summed E-state index contributed by atoms with van der Waals surface area (Å²) in [6.45, 7) is 7.65. The van der Waals surface area contributed by atoms with E-state index in [0.29, 0.717) is 11.4 Å². The topological polar surface area (TPSA) is 64.6 Å². The third kappa shape index (κ3) is 5.92. The second kappa shape index (κ2) is 9.04. The number of aryl methyl sites for hydroxylation is 3. The molecular formula is C21H25NO4. The Morgan fingerprint density at radius 3 is 2.31 bits per heavy atom. The Labute approximate surface area is 154 Å². The Hall–Kier alpha value is -2.82. The van der Waals surface area contributed by atoms with Gasteiger partial charge >= 0.3 is 5.97 Å². The van der Waals surface area contributed by atoms with Crippen LogP contribution in [0.25, 0.3) is 0 Å². The normalized spacial score (nSPS) is 11.5. The first-order valence-electron chi connectivity index (χ1n) is 8.62. The predicted octanol–water partition coefficient (Wildman–Crippen LogP) is 3.95. The second-order valence-corrected chi connectivity index (χ2v) is 6.35. The molecule has 0 aliphatic carbocycles. The summed E-state index contributed by atoms with van der Waals surface area (Å²) in [4.78, 5) is 24.1. The van der Waals surface area contributed by atoms with Crippen LogP contribution in [0.3, 0.4) is 0 Å². The number of carbonyl (C=O) groups excluding carboxylic acids is 2. The Morgan fingerprint density at radius 2 is 1.65 bits per heavy atom. The monoisotopic (exact) mass is 355 g/mol. The van der Waals surface area contributed by atoms with E-state index >= 15 is 0 Å². The van der Waals surface area contributed by atoms with Gasteiger partial charge in [0.05, 0.1) is 13.0 Å². The van der Waals surface area contributed by atoms with Crippen LogP contribution in [0, 0.1) is 20.8 Å². The summed E-state index contributed by atoms with van der Waals surface area (Å²) in [6, 6.07) is 13.3. The fourth-order valence-electron chi connectivity index (χ4n) is 2.38. The van der Waals surface area contributed by atoms with Gasteiger partial charge < -0.3 is 14.8 Å². The van der Waals surface area contributed by atoms with E-state index in [9.17, 15) is 9.59 Å². The highest BCUT2D eigenvalue weighted by Gasteiger charge is 2.18. The Bertz CT molecular complexity index is 768. The number of esters is 1. The Balaban J connectivity index is 1.76. The number of carbonyl (C=O) groups is 2. The van der Waals surface area contributed by atoms with Gasteiger partial charge in [-0.2, -0.15) is 0 Å². The van der Waals surface area contributed by atoms with Crippen molar-refractivity contribution in [1.82, 2.24) is 0 Å². The van der Waals surface area contributed by atoms with Crippen LogP contribution in [0.1, 0.15) is 30.0 Å². The molecule has 26 heavy (non-hydrogen) atoms. The zero-order valence-corrected chi connectivity index (χ0v) is 15.7. The molecule has 1 atom stereocenters. The molecule has 0 fully saturated rings. The van der Waals surface area contributed by atoms with Crippen LogP contribution in [-0.2, 0) is 14.3 Å². The first kappa shape index (κ1) is 19.5. The maximum Gasteiger partial charge on any atom is 0.310 e. The van der Waals surface area contributed by atoms with Crippen molar-refractivity contribution in [2.45, 2.75) is 40.2 Å². The average Bonchev–Trinajstić information content (AvgIpc) is 2.59. The predicted molar refractivity (Wildman–Crippen MR) is 101 cm³/mol. The van der Waals surface area contributed by atoms with Crippen molar-refractivity contribution in [2.24, 2.45) is 0 Å². The van der Waals surface area contributed by atoms with E-state index in [-0.39, 0.29) is 18.9 Å². The Morgan fingerprint density at radius 1 is 1.00 bits per heavy atom. The summed E-state index contributed by atoms with van der Waals surface area (Å²) >= 11 is 0. The van der Waals surface area contributed by atoms with E-state index in [1.165, 1.54) is 0 Å². The van der Waals surface area contributed by atoms with Crippen LogP contribution in [0.2, 0.25) is 0 Å². The molecule has 0 bridgehead atoms. The molecule has 1 amide bonds. The minimum Gasteiger partial charge on any atom is -0.493 e. The highest BCUT2D eigenvalue weighted by Crippen LogP contribution is 2.16. The van der Waals surface area contributed by atoms with Crippen molar-refractivity contribution in [2.75, 3.05) is 11.9 Å². The van der Waals surface area contributed by atoms with E-state index in [2.05, 4.69) is 5.32 Å². The van der Waals surface area contributed by atoms with Crippen LogP contribution < -0.4 is 10.1 Å². The van der Waals surface area contributed by atoms with Crippen LogP contribution >= 0.6 is 0 Å². The third-order valence-electron chi connectivity index (χ3n) is 3.91. The molecule has 1 N–H and O–H groups in total. The van der Waals surface area contributed by atoms with Gasteiger partial charge in [0.1, 0.15) is 5.75 Å². The van der Waals surface area contributed by atoms with E-state index in [0.717, 1.165) is 16.7 Å². The highest BCUT2D eigenvalue weighted by atomic mass is 16.5. The molecule has 0 aliphatic rings. The molecule has 0 aliphatic heterocycles. The van der Waals surface area contributed by atoms with Crippen molar-refractivity contribution in [3.63, 3.8) is 0 Å². The lowest BCUT2D eigenvalue weighted by atomic mass is 10.1. The zero-order chi connectivity index (χ0) is 19.1. The summed E-state index contributed by atoms with van der Waals surface area (Å²) in [7, 11) is 0. The maximum atomic E-state index is 12.2. The summed E-state index contributed by atoms with van der Waals surface area (Å²) in [5.74, 6) is -0.130. The minimum atomic E-state index is -0.873. The molecule has 0 aromatic heterocycles. The lowest BCUT2D eigenvalue weighted by Gasteiger charge is -2.15. The summed E-state index contributed by atoms with van der Waals surface area (Å²) in [5, 5.41) is 2.78. The second-order valence-electron chi connectivity index (χ2n) is 6.35. The molecule has 2 aromatic rings. The van der Waals surface area contributed by atoms with Crippen molar-refractivity contribution >= 4 is 17.6 Å². The number of ether oxygens (including phenoxy) is 2.